The van der Waals surface area contributed by atoms with Crippen molar-refractivity contribution < 1.29 is 27.8 Å². The van der Waals surface area contributed by atoms with E-state index >= 15 is 0 Å². The van der Waals surface area contributed by atoms with Crippen molar-refractivity contribution >= 4 is 11.8 Å². The molecule has 2 aromatic carbocycles. The van der Waals surface area contributed by atoms with E-state index in [1.807, 2.05) is 0 Å². The van der Waals surface area contributed by atoms with Gasteiger partial charge in [0.05, 0.1) is 37.4 Å². The molecule has 0 aliphatic carbocycles. The molecule has 2 bridgehead atoms. The summed E-state index contributed by atoms with van der Waals surface area (Å²) in [6, 6.07) is 7.77. The smallest absolute Gasteiger partial charge is 0.257 e. The van der Waals surface area contributed by atoms with Gasteiger partial charge in [0.1, 0.15) is 23.1 Å². The molecule has 2 aromatic rings. The van der Waals surface area contributed by atoms with Crippen molar-refractivity contribution in [2.75, 3.05) is 27.3 Å². The summed E-state index contributed by atoms with van der Waals surface area (Å²) >= 11 is 0. The van der Waals surface area contributed by atoms with Crippen LogP contribution in [-0.4, -0.2) is 61.0 Å². The average molecular weight is 402 g/mol. The number of likely N-dealkylation sites (tertiary alicyclic amines) is 2. The van der Waals surface area contributed by atoms with Crippen LogP contribution in [0.4, 0.5) is 8.78 Å². The van der Waals surface area contributed by atoms with E-state index in [0.717, 1.165) is 0 Å². The van der Waals surface area contributed by atoms with Crippen LogP contribution in [0.3, 0.4) is 0 Å². The van der Waals surface area contributed by atoms with Gasteiger partial charge in [-0.15, -0.1) is 0 Å². The van der Waals surface area contributed by atoms with E-state index < -0.39 is 23.4 Å². The molecule has 0 saturated carbocycles. The van der Waals surface area contributed by atoms with Crippen LogP contribution in [0, 0.1) is 11.6 Å². The number of carbonyl (C=O) groups is 2. The number of halogens is 2. The highest BCUT2D eigenvalue weighted by molar-refractivity contribution is 5.97. The molecule has 152 valence electrons. The number of carbonyl (C=O) groups excluding carboxylic acids is 2. The van der Waals surface area contributed by atoms with Gasteiger partial charge in [0.2, 0.25) is 0 Å². The summed E-state index contributed by atoms with van der Waals surface area (Å²) in [5.74, 6) is -1.46. The van der Waals surface area contributed by atoms with Crippen molar-refractivity contribution in [3.8, 4) is 11.5 Å². The first-order valence-electron chi connectivity index (χ1n) is 9.22. The molecule has 0 aromatic heterocycles. The molecular formula is C21H20F2N2O4. The SMILES string of the molecule is COc1ccc(C(=O)N2CC3CC2CN3C(=O)c2ccc(OC)cc2F)c(F)c1. The van der Waals surface area contributed by atoms with Crippen molar-refractivity contribution in [3.05, 3.63) is 59.2 Å². The molecule has 8 heteroatoms. The number of ether oxygens (including phenoxy) is 2. The number of benzene rings is 2. The Morgan fingerprint density at radius 2 is 1.24 bits per heavy atom. The van der Waals surface area contributed by atoms with E-state index in [1.165, 1.54) is 50.6 Å². The molecular weight excluding hydrogens is 382 g/mol. The molecule has 6 nitrogen and oxygen atoms in total. The topological polar surface area (TPSA) is 59.1 Å². The third-order valence-electron chi connectivity index (χ3n) is 5.58. The van der Waals surface area contributed by atoms with E-state index in [-0.39, 0.29) is 23.2 Å². The molecule has 2 saturated heterocycles. The third kappa shape index (κ3) is 3.28. The van der Waals surface area contributed by atoms with Crippen LogP contribution in [0.2, 0.25) is 0 Å². The zero-order valence-corrected chi connectivity index (χ0v) is 16.0. The number of nitrogens with zero attached hydrogens (tertiary/aromatic N) is 2. The summed E-state index contributed by atoms with van der Waals surface area (Å²) in [7, 11) is 2.85. The van der Waals surface area contributed by atoms with E-state index in [0.29, 0.717) is 31.0 Å². The number of rotatable bonds is 4. The summed E-state index contributed by atoms with van der Waals surface area (Å²) in [4.78, 5) is 28.8. The second-order valence-corrected chi connectivity index (χ2v) is 7.15. The first-order valence-corrected chi connectivity index (χ1v) is 9.22. The van der Waals surface area contributed by atoms with E-state index in [2.05, 4.69) is 0 Å². The number of hydrogen-bond acceptors (Lipinski definition) is 4. The third-order valence-corrected chi connectivity index (χ3v) is 5.58. The van der Waals surface area contributed by atoms with Gasteiger partial charge in [-0.3, -0.25) is 9.59 Å². The fourth-order valence-electron chi connectivity index (χ4n) is 4.07. The molecule has 2 atom stereocenters. The Balaban J connectivity index is 1.48. The molecule has 0 radical (unpaired) electrons. The van der Waals surface area contributed by atoms with Gasteiger partial charge in [-0.2, -0.15) is 0 Å². The normalized spacial score (nSPS) is 20.1. The minimum absolute atomic E-state index is 0.0302. The summed E-state index contributed by atoms with van der Waals surface area (Å²) in [5.41, 5.74) is -0.0603. The van der Waals surface area contributed by atoms with Gasteiger partial charge < -0.3 is 19.3 Å². The van der Waals surface area contributed by atoms with Crippen LogP contribution < -0.4 is 9.47 Å². The minimum atomic E-state index is -0.648. The molecule has 0 spiro atoms. The van der Waals surface area contributed by atoms with Crippen molar-refractivity contribution in [1.29, 1.82) is 0 Å². The maximum atomic E-state index is 14.3. The Labute approximate surface area is 166 Å². The van der Waals surface area contributed by atoms with Crippen molar-refractivity contribution in [1.82, 2.24) is 9.80 Å². The molecule has 2 aliphatic heterocycles. The standard InChI is InChI=1S/C21H20F2N2O4/c1-28-14-3-5-16(18(22)8-14)20(26)24-10-13-7-12(24)11-25(13)21(27)17-6-4-15(29-2)9-19(17)23/h3-6,8-9,12-13H,7,10-11H2,1-2H3. The highest BCUT2D eigenvalue weighted by Crippen LogP contribution is 2.34. The van der Waals surface area contributed by atoms with Crippen molar-refractivity contribution in [2.24, 2.45) is 0 Å². The van der Waals surface area contributed by atoms with Gasteiger partial charge in [0.25, 0.3) is 11.8 Å². The number of hydrogen-bond donors (Lipinski definition) is 0. The summed E-state index contributed by atoms with van der Waals surface area (Å²) in [5, 5.41) is 0. The average Bonchev–Trinajstić information content (AvgIpc) is 3.33. The molecule has 29 heavy (non-hydrogen) atoms. The van der Waals surface area contributed by atoms with Crippen LogP contribution in [0.15, 0.2) is 36.4 Å². The van der Waals surface area contributed by atoms with Gasteiger partial charge in [-0.1, -0.05) is 0 Å². The molecule has 0 N–H and O–H groups in total. The van der Waals surface area contributed by atoms with Gasteiger partial charge in [0, 0.05) is 25.2 Å². The first-order chi connectivity index (χ1) is 13.9. The van der Waals surface area contributed by atoms with Crippen LogP contribution in [0.5, 0.6) is 11.5 Å². The zero-order valence-electron chi connectivity index (χ0n) is 16.0. The van der Waals surface area contributed by atoms with Crippen molar-refractivity contribution in [2.45, 2.75) is 18.5 Å². The Kier molecular flexibility index (Phi) is 4.86. The Morgan fingerprint density at radius 3 is 1.55 bits per heavy atom. The predicted octanol–water partition coefficient (Wildman–Crippen LogP) is 2.72. The van der Waals surface area contributed by atoms with Crippen LogP contribution in [0.1, 0.15) is 27.1 Å². The van der Waals surface area contributed by atoms with Gasteiger partial charge in [-0.25, -0.2) is 8.78 Å². The number of piperazine rings is 1. The fourth-order valence-corrected chi connectivity index (χ4v) is 4.07. The Bertz CT molecular complexity index is 904. The van der Waals surface area contributed by atoms with E-state index in [1.54, 1.807) is 9.80 Å². The van der Waals surface area contributed by atoms with Crippen LogP contribution in [0.25, 0.3) is 0 Å². The van der Waals surface area contributed by atoms with E-state index in [4.69, 9.17) is 9.47 Å². The second kappa shape index (κ2) is 7.35. The van der Waals surface area contributed by atoms with Crippen LogP contribution in [-0.2, 0) is 0 Å². The second-order valence-electron chi connectivity index (χ2n) is 7.15. The highest BCUT2D eigenvalue weighted by Gasteiger charge is 2.47. The first kappa shape index (κ1) is 19.2. The molecule has 2 amide bonds. The summed E-state index contributed by atoms with van der Waals surface area (Å²) < 4.78 is 38.5. The lowest BCUT2D eigenvalue weighted by atomic mass is 10.1. The van der Waals surface area contributed by atoms with Gasteiger partial charge in [0.15, 0.2) is 0 Å². The molecule has 2 aliphatic rings. The minimum Gasteiger partial charge on any atom is -0.497 e. The lowest BCUT2D eigenvalue weighted by Crippen LogP contribution is -2.50. The molecule has 2 heterocycles. The van der Waals surface area contributed by atoms with E-state index in [9.17, 15) is 18.4 Å². The lowest BCUT2D eigenvalue weighted by Gasteiger charge is -2.34. The Hall–Kier alpha value is -3.16. The zero-order chi connectivity index (χ0) is 20.7. The maximum Gasteiger partial charge on any atom is 0.257 e. The molecule has 4 rings (SSSR count). The number of fused-ring (bicyclic) bond motifs is 2. The van der Waals surface area contributed by atoms with Crippen LogP contribution >= 0.6 is 0 Å². The summed E-state index contributed by atoms with van der Waals surface area (Å²) in [6.45, 7) is 0.580. The largest absolute Gasteiger partial charge is 0.497 e. The summed E-state index contributed by atoms with van der Waals surface area (Å²) in [6.07, 6.45) is 0.590. The highest BCUT2D eigenvalue weighted by atomic mass is 19.1. The van der Waals surface area contributed by atoms with Gasteiger partial charge in [-0.05, 0) is 30.7 Å². The maximum absolute atomic E-state index is 14.3. The molecule has 2 unspecified atom stereocenters. The Morgan fingerprint density at radius 1 is 0.828 bits per heavy atom. The quantitative estimate of drug-likeness (QED) is 0.789. The fraction of sp³-hybridized carbons (Fsp3) is 0.333. The van der Waals surface area contributed by atoms with Crippen molar-refractivity contribution in [3.63, 3.8) is 0 Å². The predicted molar refractivity (Wildman–Crippen MR) is 100 cm³/mol. The number of amides is 2. The monoisotopic (exact) mass is 402 g/mol. The molecule has 2 fully saturated rings. The number of methoxy groups -OCH3 is 2. The van der Waals surface area contributed by atoms with Gasteiger partial charge >= 0.3 is 0 Å². The lowest BCUT2D eigenvalue weighted by molar-refractivity contribution is 0.0521.